The van der Waals surface area contributed by atoms with Gasteiger partial charge in [-0.2, -0.15) is 0 Å². The fourth-order valence-electron chi connectivity index (χ4n) is 3.28. The molecule has 0 spiro atoms. The van der Waals surface area contributed by atoms with E-state index in [0.717, 1.165) is 31.5 Å². The molecule has 2 aromatic rings. The number of fused-ring (bicyclic) bond motifs is 2. The molecule has 1 aliphatic heterocycles. The Hall–Kier alpha value is -2.70. The van der Waals surface area contributed by atoms with Crippen molar-refractivity contribution in [2.24, 2.45) is 0 Å². The molecule has 0 saturated heterocycles. The van der Waals surface area contributed by atoms with Crippen molar-refractivity contribution in [3.63, 3.8) is 0 Å². The summed E-state index contributed by atoms with van der Waals surface area (Å²) >= 11 is 0. The molecule has 0 aliphatic carbocycles. The van der Waals surface area contributed by atoms with Crippen molar-refractivity contribution < 1.29 is 9.59 Å². The summed E-state index contributed by atoms with van der Waals surface area (Å²) < 4.78 is 1.76. The topological polar surface area (TPSA) is 93.1 Å². The highest BCUT2D eigenvalue weighted by molar-refractivity contribution is 5.99. The number of amides is 2. The van der Waals surface area contributed by atoms with Gasteiger partial charge >= 0.3 is 0 Å². The van der Waals surface area contributed by atoms with Gasteiger partial charge in [-0.05, 0) is 51.8 Å². The van der Waals surface area contributed by atoms with E-state index in [4.69, 9.17) is 0 Å². The molecule has 27 heavy (non-hydrogen) atoms. The third kappa shape index (κ3) is 4.53. The number of nitrogens with one attached hydrogen (secondary N) is 2. The summed E-state index contributed by atoms with van der Waals surface area (Å²) in [4.78, 5) is 41.6. The predicted octanol–water partition coefficient (Wildman–Crippen LogP) is 1.77. The van der Waals surface area contributed by atoms with Crippen molar-refractivity contribution in [1.29, 1.82) is 0 Å². The zero-order valence-electron chi connectivity index (χ0n) is 16.1. The molecule has 0 atom stereocenters. The molecule has 1 aliphatic rings. The Bertz CT molecular complexity index is 941. The van der Waals surface area contributed by atoms with Gasteiger partial charge in [0.25, 0.3) is 11.5 Å². The monoisotopic (exact) mass is 370 g/mol. The number of carbonyl (C=O) groups is 2. The van der Waals surface area contributed by atoms with Gasteiger partial charge in [0.05, 0.1) is 17.4 Å². The molecular weight excluding hydrogens is 344 g/mol. The third-order valence-electron chi connectivity index (χ3n) is 4.50. The normalized spacial score (nSPS) is 14.3. The van der Waals surface area contributed by atoms with Crippen molar-refractivity contribution in [2.45, 2.75) is 58.5 Å². The Kier molecular flexibility index (Phi) is 5.30. The molecular formula is C20H26N4O3. The lowest BCUT2D eigenvalue weighted by Crippen LogP contribution is -2.45. The summed E-state index contributed by atoms with van der Waals surface area (Å²) in [6.45, 7) is 6.23. The molecule has 2 N–H and O–H groups in total. The van der Waals surface area contributed by atoms with E-state index in [-0.39, 0.29) is 29.5 Å². The quantitative estimate of drug-likeness (QED) is 0.861. The van der Waals surface area contributed by atoms with Crippen LogP contribution in [0.1, 0.15) is 56.2 Å². The van der Waals surface area contributed by atoms with Crippen molar-refractivity contribution in [2.75, 3.05) is 6.54 Å². The van der Waals surface area contributed by atoms with Crippen molar-refractivity contribution >= 4 is 22.7 Å². The van der Waals surface area contributed by atoms with Crippen molar-refractivity contribution in [1.82, 2.24) is 20.2 Å². The van der Waals surface area contributed by atoms with Crippen LogP contribution in [0.3, 0.4) is 0 Å². The predicted molar refractivity (Wildman–Crippen MR) is 104 cm³/mol. The molecule has 3 rings (SSSR count). The van der Waals surface area contributed by atoms with Crippen LogP contribution in [-0.4, -0.2) is 33.4 Å². The molecule has 2 amide bonds. The van der Waals surface area contributed by atoms with E-state index in [1.54, 1.807) is 22.8 Å². The molecule has 1 aromatic heterocycles. The molecule has 144 valence electrons. The fraction of sp³-hybridized carbons (Fsp3) is 0.500. The number of hydrogen-bond acceptors (Lipinski definition) is 4. The van der Waals surface area contributed by atoms with Crippen molar-refractivity contribution in [3.8, 4) is 0 Å². The van der Waals surface area contributed by atoms with E-state index in [9.17, 15) is 14.4 Å². The smallest absolute Gasteiger partial charge is 0.261 e. The van der Waals surface area contributed by atoms with Gasteiger partial charge in [0.15, 0.2) is 0 Å². The first-order valence-corrected chi connectivity index (χ1v) is 9.37. The van der Waals surface area contributed by atoms with Gasteiger partial charge in [0, 0.05) is 24.1 Å². The fourth-order valence-corrected chi connectivity index (χ4v) is 3.28. The minimum absolute atomic E-state index is 0.0478. The van der Waals surface area contributed by atoms with Crippen LogP contribution in [0.25, 0.3) is 10.9 Å². The van der Waals surface area contributed by atoms with Crippen LogP contribution in [0.2, 0.25) is 0 Å². The van der Waals surface area contributed by atoms with E-state index >= 15 is 0 Å². The van der Waals surface area contributed by atoms with Gasteiger partial charge in [0.1, 0.15) is 5.82 Å². The second-order valence-electron chi connectivity index (χ2n) is 8.01. The Labute approximate surface area is 158 Å². The molecule has 0 bridgehead atoms. The molecule has 1 aromatic carbocycles. The van der Waals surface area contributed by atoms with E-state index in [0.29, 0.717) is 23.0 Å². The number of benzene rings is 1. The largest absolute Gasteiger partial charge is 0.350 e. The number of aryl methyl sites for hydroxylation is 1. The Balaban J connectivity index is 1.81. The van der Waals surface area contributed by atoms with Crippen LogP contribution in [0, 0.1) is 0 Å². The van der Waals surface area contributed by atoms with Crippen LogP contribution < -0.4 is 16.2 Å². The maximum Gasteiger partial charge on any atom is 0.261 e. The van der Waals surface area contributed by atoms with E-state index < -0.39 is 0 Å². The summed E-state index contributed by atoms with van der Waals surface area (Å²) in [5.41, 5.74) is 0.513. The summed E-state index contributed by atoms with van der Waals surface area (Å²) in [5, 5.41) is 5.92. The van der Waals surface area contributed by atoms with Gasteiger partial charge < -0.3 is 10.6 Å². The van der Waals surface area contributed by atoms with E-state index in [1.165, 1.54) is 0 Å². The number of nitrogens with zero attached hydrogens (tertiary/aromatic N) is 2. The molecule has 0 radical (unpaired) electrons. The average Bonchev–Trinajstić information content (AvgIpc) is 2.83. The first-order valence-electron chi connectivity index (χ1n) is 9.37. The molecule has 0 unspecified atom stereocenters. The SMILES string of the molecule is CC(C)(C)NC(=O)CNC(=O)c1ccc2c(=O)n3c(nc2c1)CCCCC3. The highest BCUT2D eigenvalue weighted by Gasteiger charge is 2.17. The van der Waals surface area contributed by atoms with Gasteiger partial charge in [0.2, 0.25) is 5.91 Å². The van der Waals surface area contributed by atoms with Gasteiger partial charge in [-0.3, -0.25) is 19.0 Å². The highest BCUT2D eigenvalue weighted by atomic mass is 16.2. The number of aromatic nitrogens is 2. The van der Waals surface area contributed by atoms with Crippen LogP contribution in [0.15, 0.2) is 23.0 Å². The number of hydrogen-bond donors (Lipinski definition) is 2. The lowest BCUT2D eigenvalue weighted by atomic mass is 10.1. The molecule has 2 heterocycles. The lowest BCUT2D eigenvalue weighted by molar-refractivity contribution is -0.121. The van der Waals surface area contributed by atoms with Crippen LogP contribution in [0.5, 0.6) is 0 Å². The van der Waals surface area contributed by atoms with E-state index in [1.807, 2.05) is 20.8 Å². The van der Waals surface area contributed by atoms with Crippen molar-refractivity contribution in [3.05, 3.63) is 39.9 Å². The standard InChI is InChI=1S/C20H26N4O3/c1-20(2,3)23-17(25)12-21-18(26)13-8-9-14-15(11-13)22-16-7-5-4-6-10-24(16)19(14)27/h8-9,11H,4-7,10,12H2,1-3H3,(H,21,26)(H,23,25). The summed E-state index contributed by atoms with van der Waals surface area (Å²) in [6.07, 6.45) is 3.86. The minimum Gasteiger partial charge on any atom is -0.350 e. The first kappa shape index (κ1) is 19.1. The lowest BCUT2D eigenvalue weighted by Gasteiger charge is -2.20. The van der Waals surface area contributed by atoms with Crippen LogP contribution in [-0.2, 0) is 17.8 Å². The Morgan fingerprint density at radius 1 is 1.19 bits per heavy atom. The second kappa shape index (κ2) is 7.50. The maximum atomic E-state index is 12.7. The zero-order valence-corrected chi connectivity index (χ0v) is 16.1. The third-order valence-corrected chi connectivity index (χ3v) is 4.50. The Morgan fingerprint density at radius 2 is 1.96 bits per heavy atom. The van der Waals surface area contributed by atoms with Gasteiger partial charge in [-0.1, -0.05) is 6.42 Å². The summed E-state index contributed by atoms with van der Waals surface area (Å²) in [6, 6.07) is 4.87. The number of rotatable bonds is 3. The van der Waals surface area contributed by atoms with Crippen LogP contribution in [0.4, 0.5) is 0 Å². The average molecular weight is 370 g/mol. The maximum absolute atomic E-state index is 12.7. The molecule has 7 nitrogen and oxygen atoms in total. The highest BCUT2D eigenvalue weighted by Crippen LogP contribution is 2.16. The Morgan fingerprint density at radius 3 is 2.70 bits per heavy atom. The van der Waals surface area contributed by atoms with Crippen LogP contribution >= 0.6 is 0 Å². The number of carbonyl (C=O) groups excluding carboxylic acids is 2. The van der Waals surface area contributed by atoms with Gasteiger partial charge in [-0.25, -0.2) is 4.98 Å². The molecule has 0 saturated carbocycles. The second-order valence-corrected chi connectivity index (χ2v) is 8.01. The van der Waals surface area contributed by atoms with Gasteiger partial charge in [-0.15, -0.1) is 0 Å². The minimum atomic E-state index is -0.363. The summed E-state index contributed by atoms with van der Waals surface area (Å²) in [7, 11) is 0. The van der Waals surface area contributed by atoms with E-state index in [2.05, 4.69) is 15.6 Å². The molecule has 0 fully saturated rings. The first-order chi connectivity index (χ1) is 12.7. The zero-order chi connectivity index (χ0) is 19.6. The molecule has 7 heteroatoms. The summed E-state index contributed by atoms with van der Waals surface area (Å²) in [5.74, 6) is 0.170.